The molecule has 0 radical (unpaired) electrons. The Kier molecular flexibility index (Phi) is 5.51. The molecule has 2 aromatic rings. The second-order valence-electron chi connectivity index (χ2n) is 9.59. The first kappa shape index (κ1) is 21.7. The Morgan fingerprint density at radius 2 is 1.94 bits per heavy atom. The molecule has 3 heterocycles. The first-order valence-electron chi connectivity index (χ1n) is 11.8. The fourth-order valence-corrected chi connectivity index (χ4v) is 5.27. The Labute approximate surface area is 193 Å². The molecule has 1 amide bonds. The zero-order valence-electron chi connectivity index (χ0n) is 19.5. The molecule has 0 spiro atoms. The predicted molar refractivity (Wildman–Crippen MR) is 122 cm³/mol. The topological polar surface area (TPSA) is 81.9 Å². The fraction of sp³-hybridized carbons (Fsp3) is 0.500. The number of anilines is 1. The Bertz CT molecular complexity index is 1120. The number of Topliss-reactive ketones (excluding diaryl/α,β-unsaturated/α-hetero) is 1. The Hall–Kier alpha value is -3.09. The van der Waals surface area contributed by atoms with E-state index in [1.807, 2.05) is 31.2 Å². The highest BCUT2D eigenvalue weighted by Crippen LogP contribution is 2.49. The Morgan fingerprint density at radius 3 is 2.67 bits per heavy atom. The van der Waals surface area contributed by atoms with E-state index in [2.05, 4.69) is 19.0 Å². The van der Waals surface area contributed by atoms with Gasteiger partial charge in [-0.3, -0.25) is 14.5 Å². The summed E-state index contributed by atoms with van der Waals surface area (Å²) in [5, 5.41) is 4.10. The Morgan fingerprint density at radius 1 is 1.15 bits per heavy atom. The summed E-state index contributed by atoms with van der Waals surface area (Å²) in [4.78, 5) is 29.0. The number of hydrogen-bond acceptors (Lipinski definition) is 6. The summed E-state index contributed by atoms with van der Waals surface area (Å²) >= 11 is 0. The lowest BCUT2D eigenvalue weighted by atomic mass is 9.70. The number of rotatable bonds is 5. The highest BCUT2D eigenvalue weighted by atomic mass is 16.5. The van der Waals surface area contributed by atoms with E-state index >= 15 is 0 Å². The van der Waals surface area contributed by atoms with Crippen molar-refractivity contribution < 1.29 is 23.6 Å². The van der Waals surface area contributed by atoms with Crippen molar-refractivity contribution in [3.05, 3.63) is 53.0 Å². The van der Waals surface area contributed by atoms with Crippen LogP contribution in [0.1, 0.15) is 57.4 Å². The van der Waals surface area contributed by atoms with Gasteiger partial charge < -0.3 is 14.0 Å². The summed E-state index contributed by atoms with van der Waals surface area (Å²) in [6.45, 7) is 8.79. The van der Waals surface area contributed by atoms with Crippen LogP contribution in [0.15, 0.2) is 46.2 Å². The number of carbonyl (C=O) groups excluding carboxylic acids is 2. The van der Waals surface area contributed by atoms with Gasteiger partial charge >= 0.3 is 0 Å². The molecular formula is C26H30N2O5. The average Bonchev–Trinajstić information content (AvgIpc) is 3.35. The average molecular weight is 451 g/mol. The largest absolute Gasteiger partial charge is 0.494 e. The molecule has 5 atom stereocenters. The molecule has 1 fully saturated rings. The molecule has 7 heteroatoms. The van der Waals surface area contributed by atoms with Crippen LogP contribution in [0.25, 0.3) is 0 Å². The van der Waals surface area contributed by atoms with Crippen molar-refractivity contribution >= 4 is 17.5 Å². The number of ketones is 1. The van der Waals surface area contributed by atoms with Crippen LogP contribution in [0.3, 0.4) is 0 Å². The number of nitrogens with zero attached hydrogens (tertiary/aromatic N) is 2. The minimum atomic E-state index is -0.634. The summed E-state index contributed by atoms with van der Waals surface area (Å²) in [7, 11) is 0. The number of amides is 1. The van der Waals surface area contributed by atoms with E-state index in [4.69, 9.17) is 14.0 Å². The molecule has 2 aliphatic heterocycles. The molecule has 7 nitrogen and oxygen atoms in total. The van der Waals surface area contributed by atoms with Crippen LogP contribution in [0.4, 0.5) is 5.82 Å². The third-order valence-electron chi connectivity index (χ3n) is 7.22. The molecule has 5 rings (SSSR count). The maximum atomic E-state index is 13.9. The van der Waals surface area contributed by atoms with Crippen LogP contribution in [0, 0.1) is 24.7 Å². The number of benzene rings is 1. The van der Waals surface area contributed by atoms with Crippen molar-refractivity contribution in [1.82, 2.24) is 5.16 Å². The van der Waals surface area contributed by atoms with E-state index in [9.17, 15) is 9.59 Å². The van der Waals surface area contributed by atoms with Gasteiger partial charge in [0.05, 0.1) is 24.1 Å². The van der Waals surface area contributed by atoms with Gasteiger partial charge in [0.1, 0.15) is 17.6 Å². The molecule has 1 aromatic heterocycles. The zero-order valence-corrected chi connectivity index (χ0v) is 19.5. The molecule has 3 aliphatic rings. The standard InChI is InChI=1S/C26H30N2O5/c1-5-9-31-18-8-6-7-17(13-18)23-22-24(29)19-10-14(2)15(3)11-20(19)32-25(22)26(30)28(23)21-12-16(4)33-27-21/h6-8,12-15,19-20,23H,5,9-11H2,1-4H3. The highest BCUT2D eigenvalue weighted by Gasteiger charge is 2.54. The van der Waals surface area contributed by atoms with E-state index in [-0.39, 0.29) is 29.5 Å². The molecule has 0 N–H and O–H groups in total. The lowest BCUT2D eigenvalue weighted by Crippen LogP contribution is -2.43. The van der Waals surface area contributed by atoms with Crippen molar-refractivity contribution in [1.29, 1.82) is 0 Å². The molecule has 1 saturated carbocycles. The lowest BCUT2D eigenvalue weighted by molar-refractivity contribution is -0.134. The monoisotopic (exact) mass is 450 g/mol. The minimum Gasteiger partial charge on any atom is -0.494 e. The summed E-state index contributed by atoms with van der Waals surface area (Å²) in [5.41, 5.74) is 1.21. The van der Waals surface area contributed by atoms with Crippen LogP contribution in [-0.2, 0) is 14.3 Å². The second-order valence-corrected chi connectivity index (χ2v) is 9.59. The van der Waals surface area contributed by atoms with Gasteiger partial charge in [0.15, 0.2) is 17.4 Å². The van der Waals surface area contributed by atoms with Crippen molar-refractivity contribution in [2.75, 3.05) is 11.5 Å². The van der Waals surface area contributed by atoms with Gasteiger partial charge in [-0.15, -0.1) is 0 Å². The molecule has 0 bridgehead atoms. The summed E-state index contributed by atoms with van der Waals surface area (Å²) in [6, 6.07) is 8.66. The molecule has 1 aliphatic carbocycles. The summed E-state index contributed by atoms with van der Waals surface area (Å²) < 4.78 is 17.4. The van der Waals surface area contributed by atoms with E-state index in [1.165, 1.54) is 4.90 Å². The third-order valence-corrected chi connectivity index (χ3v) is 7.22. The second kappa shape index (κ2) is 8.36. The number of ether oxygens (including phenoxy) is 2. The molecule has 33 heavy (non-hydrogen) atoms. The third kappa shape index (κ3) is 3.63. The fourth-order valence-electron chi connectivity index (χ4n) is 5.27. The van der Waals surface area contributed by atoms with Gasteiger partial charge in [0, 0.05) is 6.07 Å². The van der Waals surface area contributed by atoms with Gasteiger partial charge in [-0.2, -0.15) is 0 Å². The predicted octanol–water partition coefficient (Wildman–Crippen LogP) is 4.76. The van der Waals surface area contributed by atoms with Crippen LogP contribution in [0.5, 0.6) is 5.75 Å². The zero-order chi connectivity index (χ0) is 23.3. The van der Waals surface area contributed by atoms with Gasteiger partial charge in [-0.1, -0.05) is 38.1 Å². The van der Waals surface area contributed by atoms with Crippen LogP contribution in [-0.4, -0.2) is 29.6 Å². The van der Waals surface area contributed by atoms with Crippen molar-refractivity contribution in [2.24, 2.45) is 17.8 Å². The lowest BCUT2D eigenvalue weighted by Gasteiger charge is -2.40. The molecule has 0 saturated heterocycles. The van der Waals surface area contributed by atoms with Crippen LogP contribution in [0.2, 0.25) is 0 Å². The van der Waals surface area contributed by atoms with Crippen LogP contribution >= 0.6 is 0 Å². The SMILES string of the molecule is CCCOc1cccc(C2C3=C(OC4CC(C)C(C)CC4C3=O)C(=O)N2c2cc(C)on2)c1. The van der Waals surface area contributed by atoms with E-state index in [0.717, 1.165) is 24.8 Å². The molecule has 1 aromatic carbocycles. The molecule has 5 unspecified atom stereocenters. The quantitative estimate of drug-likeness (QED) is 0.653. The summed E-state index contributed by atoms with van der Waals surface area (Å²) in [6.07, 6.45) is 2.17. The van der Waals surface area contributed by atoms with Gasteiger partial charge in [-0.05, 0) is 55.7 Å². The first-order chi connectivity index (χ1) is 15.9. The van der Waals surface area contributed by atoms with Gasteiger partial charge in [0.2, 0.25) is 0 Å². The number of fused-ring (bicyclic) bond motifs is 1. The maximum absolute atomic E-state index is 13.9. The summed E-state index contributed by atoms with van der Waals surface area (Å²) in [5.74, 6) is 2.13. The van der Waals surface area contributed by atoms with E-state index in [0.29, 0.717) is 41.3 Å². The van der Waals surface area contributed by atoms with Crippen molar-refractivity contribution in [3.63, 3.8) is 0 Å². The number of aromatic nitrogens is 1. The van der Waals surface area contributed by atoms with Gasteiger partial charge in [0.25, 0.3) is 5.91 Å². The number of carbonyl (C=O) groups is 2. The molecular weight excluding hydrogens is 420 g/mol. The minimum absolute atomic E-state index is 0.0148. The van der Waals surface area contributed by atoms with Crippen LogP contribution < -0.4 is 9.64 Å². The number of hydrogen-bond donors (Lipinski definition) is 0. The van der Waals surface area contributed by atoms with E-state index < -0.39 is 6.04 Å². The first-order valence-corrected chi connectivity index (χ1v) is 11.8. The van der Waals surface area contributed by atoms with Crippen molar-refractivity contribution in [2.45, 2.75) is 59.1 Å². The van der Waals surface area contributed by atoms with E-state index in [1.54, 1.807) is 13.0 Å². The molecule has 174 valence electrons. The Balaban J connectivity index is 1.60. The highest BCUT2D eigenvalue weighted by molar-refractivity contribution is 6.17. The number of aryl methyl sites for hydroxylation is 1. The normalized spacial score (nSPS) is 29.1. The maximum Gasteiger partial charge on any atom is 0.295 e. The smallest absolute Gasteiger partial charge is 0.295 e. The van der Waals surface area contributed by atoms with Gasteiger partial charge in [-0.25, -0.2) is 0 Å². The van der Waals surface area contributed by atoms with Crippen molar-refractivity contribution in [3.8, 4) is 5.75 Å².